The van der Waals surface area contributed by atoms with Crippen molar-refractivity contribution in [1.29, 1.82) is 0 Å². The van der Waals surface area contributed by atoms with E-state index >= 15 is 0 Å². The van der Waals surface area contributed by atoms with Gasteiger partial charge in [0.2, 0.25) is 5.91 Å². The van der Waals surface area contributed by atoms with Gasteiger partial charge in [0.05, 0.1) is 25.2 Å². The lowest BCUT2D eigenvalue weighted by Gasteiger charge is -2.28. The van der Waals surface area contributed by atoms with E-state index in [4.69, 9.17) is 4.74 Å². The zero-order chi connectivity index (χ0) is 15.5. The second kappa shape index (κ2) is 6.11. The Labute approximate surface area is 127 Å². The fourth-order valence-corrected chi connectivity index (χ4v) is 2.52. The van der Waals surface area contributed by atoms with Crippen LogP contribution in [0.3, 0.4) is 0 Å². The molecule has 0 atom stereocenters. The number of hydrogen-bond acceptors (Lipinski definition) is 5. The van der Waals surface area contributed by atoms with Crippen LogP contribution in [0, 0.1) is 0 Å². The van der Waals surface area contributed by atoms with Gasteiger partial charge in [0.25, 0.3) is 5.91 Å². The van der Waals surface area contributed by atoms with E-state index in [9.17, 15) is 14.4 Å². The van der Waals surface area contributed by atoms with E-state index in [-0.39, 0.29) is 12.0 Å². The summed E-state index contributed by atoms with van der Waals surface area (Å²) >= 11 is 0. The maximum atomic E-state index is 11.8. The second-order valence-corrected chi connectivity index (χ2v) is 5.23. The number of nitrogens with one attached hydrogen (secondary N) is 1. The van der Waals surface area contributed by atoms with Gasteiger partial charge >= 0.3 is 0 Å². The molecule has 6 heteroatoms. The summed E-state index contributed by atoms with van der Waals surface area (Å²) < 4.78 is 5.32. The normalized spacial score (nSPS) is 21.2. The van der Waals surface area contributed by atoms with Gasteiger partial charge in [0, 0.05) is 18.8 Å². The summed E-state index contributed by atoms with van der Waals surface area (Å²) in [6.45, 7) is 3.13. The first kappa shape index (κ1) is 14.5. The molecule has 1 aromatic rings. The second-order valence-electron chi connectivity index (χ2n) is 5.23. The van der Waals surface area contributed by atoms with Crippen LogP contribution in [0.25, 0.3) is 6.08 Å². The number of ether oxygens (including phenoxy) is 1. The zero-order valence-electron chi connectivity index (χ0n) is 12.0. The standard InChI is InChI=1S/C16H16N2O4/c19-14-10-15(20)17-16(21)13(14)9-11-1-3-12(4-2-11)18-5-7-22-8-6-18/h1-4,9H,5-8,10H2,(H,17,20,21)/b13-9+. The molecule has 0 saturated carbocycles. The molecule has 1 N–H and O–H groups in total. The molecule has 0 aliphatic carbocycles. The summed E-state index contributed by atoms with van der Waals surface area (Å²) in [5, 5.41) is 2.15. The first-order valence-corrected chi connectivity index (χ1v) is 7.15. The predicted octanol–water partition coefficient (Wildman–Crippen LogP) is 0.522. The highest BCUT2D eigenvalue weighted by Gasteiger charge is 2.28. The molecule has 2 aliphatic heterocycles. The van der Waals surface area contributed by atoms with Crippen molar-refractivity contribution < 1.29 is 19.1 Å². The molecule has 6 nitrogen and oxygen atoms in total. The smallest absolute Gasteiger partial charge is 0.261 e. The summed E-state index contributed by atoms with van der Waals surface area (Å²) in [4.78, 5) is 36.8. The number of Topliss-reactive ketones (excluding diaryl/α,β-unsaturated/α-hetero) is 1. The Morgan fingerprint density at radius 1 is 1.05 bits per heavy atom. The van der Waals surface area contributed by atoms with E-state index in [0.717, 1.165) is 24.3 Å². The Morgan fingerprint density at radius 3 is 2.36 bits per heavy atom. The van der Waals surface area contributed by atoms with Gasteiger partial charge in [0.1, 0.15) is 0 Å². The minimum absolute atomic E-state index is 0.0266. The van der Waals surface area contributed by atoms with Crippen LogP contribution >= 0.6 is 0 Å². The Morgan fingerprint density at radius 2 is 1.73 bits per heavy atom. The van der Waals surface area contributed by atoms with Gasteiger partial charge < -0.3 is 9.64 Å². The highest BCUT2D eigenvalue weighted by Crippen LogP contribution is 2.19. The molecular formula is C16H16N2O4. The monoisotopic (exact) mass is 300 g/mol. The van der Waals surface area contributed by atoms with Crippen molar-refractivity contribution in [2.45, 2.75) is 6.42 Å². The average Bonchev–Trinajstić information content (AvgIpc) is 2.52. The summed E-state index contributed by atoms with van der Waals surface area (Å²) in [5.41, 5.74) is 1.86. The van der Waals surface area contributed by atoms with Crippen LogP contribution in [0.15, 0.2) is 29.8 Å². The number of ketones is 1. The van der Waals surface area contributed by atoms with Crippen molar-refractivity contribution in [3.05, 3.63) is 35.4 Å². The predicted molar refractivity (Wildman–Crippen MR) is 80.2 cm³/mol. The van der Waals surface area contributed by atoms with Crippen molar-refractivity contribution >= 4 is 29.4 Å². The number of amides is 2. The van der Waals surface area contributed by atoms with Gasteiger partial charge in [0.15, 0.2) is 5.78 Å². The molecule has 0 bridgehead atoms. The molecule has 2 heterocycles. The number of hydrogen-bond donors (Lipinski definition) is 1. The first-order chi connectivity index (χ1) is 10.6. The van der Waals surface area contributed by atoms with E-state index in [0.29, 0.717) is 13.2 Å². The summed E-state index contributed by atoms with van der Waals surface area (Å²) in [5.74, 6) is -1.61. The van der Waals surface area contributed by atoms with Gasteiger partial charge in [-0.3, -0.25) is 19.7 Å². The zero-order valence-corrected chi connectivity index (χ0v) is 12.0. The number of carbonyl (C=O) groups is 3. The highest BCUT2D eigenvalue weighted by molar-refractivity contribution is 6.32. The maximum Gasteiger partial charge on any atom is 0.261 e. The number of imide groups is 1. The van der Waals surface area contributed by atoms with Crippen molar-refractivity contribution in [1.82, 2.24) is 5.32 Å². The van der Waals surface area contributed by atoms with Crippen LogP contribution in [0.4, 0.5) is 5.69 Å². The van der Waals surface area contributed by atoms with Gasteiger partial charge in [-0.2, -0.15) is 0 Å². The quantitative estimate of drug-likeness (QED) is 0.373. The molecule has 2 amide bonds. The van der Waals surface area contributed by atoms with Crippen LogP contribution < -0.4 is 10.2 Å². The summed E-state index contributed by atoms with van der Waals surface area (Å²) in [7, 11) is 0. The molecule has 0 unspecified atom stereocenters. The van der Waals surface area contributed by atoms with Gasteiger partial charge in [-0.25, -0.2) is 0 Å². The Balaban J connectivity index is 1.78. The number of nitrogens with zero attached hydrogens (tertiary/aromatic N) is 1. The molecule has 2 saturated heterocycles. The molecule has 1 aromatic carbocycles. The Hall–Kier alpha value is -2.47. The van der Waals surface area contributed by atoms with E-state index in [1.807, 2.05) is 24.3 Å². The molecule has 2 fully saturated rings. The lowest BCUT2D eigenvalue weighted by molar-refractivity contribution is -0.134. The van der Waals surface area contributed by atoms with E-state index < -0.39 is 17.6 Å². The highest BCUT2D eigenvalue weighted by atomic mass is 16.5. The largest absolute Gasteiger partial charge is 0.378 e. The SMILES string of the molecule is O=C1CC(=O)/C(=C\c2ccc(N3CCOCC3)cc2)C(=O)N1. The number of morpholine rings is 1. The molecular weight excluding hydrogens is 284 g/mol. The minimum atomic E-state index is -0.626. The lowest BCUT2D eigenvalue weighted by Crippen LogP contribution is -2.40. The minimum Gasteiger partial charge on any atom is -0.378 e. The molecule has 3 rings (SSSR count). The number of benzene rings is 1. The van der Waals surface area contributed by atoms with Gasteiger partial charge in [-0.05, 0) is 23.8 Å². The third kappa shape index (κ3) is 3.07. The van der Waals surface area contributed by atoms with Crippen LogP contribution in [-0.4, -0.2) is 43.9 Å². The summed E-state index contributed by atoms with van der Waals surface area (Å²) in [6, 6.07) is 7.62. The fourth-order valence-electron chi connectivity index (χ4n) is 2.52. The van der Waals surface area contributed by atoms with Crippen molar-refractivity contribution in [2.75, 3.05) is 31.2 Å². The van der Waals surface area contributed by atoms with Gasteiger partial charge in [-0.1, -0.05) is 12.1 Å². The van der Waals surface area contributed by atoms with Crippen molar-refractivity contribution in [2.24, 2.45) is 0 Å². The van der Waals surface area contributed by atoms with Crippen LogP contribution in [0.1, 0.15) is 12.0 Å². The molecule has 0 radical (unpaired) electrons. The third-order valence-electron chi connectivity index (χ3n) is 3.70. The average molecular weight is 300 g/mol. The number of rotatable bonds is 2. The number of carbonyl (C=O) groups excluding carboxylic acids is 3. The number of anilines is 1. The van der Waals surface area contributed by atoms with E-state index in [1.54, 1.807) is 0 Å². The fraction of sp³-hybridized carbons (Fsp3) is 0.312. The van der Waals surface area contributed by atoms with Gasteiger partial charge in [-0.15, -0.1) is 0 Å². The topological polar surface area (TPSA) is 75.7 Å². The summed E-state index contributed by atoms with van der Waals surface area (Å²) in [6.07, 6.45) is 1.25. The number of piperidine rings is 1. The molecule has 2 aliphatic rings. The molecule has 0 aromatic heterocycles. The Bertz CT molecular complexity index is 621. The first-order valence-electron chi connectivity index (χ1n) is 7.15. The molecule has 0 spiro atoms. The lowest BCUT2D eigenvalue weighted by atomic mass is 10.0. The van der Waals surface area contributed by atoms with E-state index in [1.165, 1.54) is 6.08 Å². The van der Waals surface area contributed by atoms with Crippen molar-refractivity contribution in [3.8, 4) is 0 Å². The molecule has 114 valence electrons. The van der Waals surface area contributed by atoms with E-state index in [2.05, 4.69) is 10.2 Å². The van der Waals surface area contributed by atoms with Crippen LogP contribution in [0.5, 0.6) is 0 Å². The third-order valence-corrected chi connectivity index (χ3v) is 3.70. The Kier molecular flexibility index (Phi) is 4.02. The van der Waals surface area contributed by atoms with Crippen LogP contribution in [0.2, 0.25) is 0 Å². The molecule has 22 heavy (non-hydrogen) atoms. The maximum absolute atomic E-state index is 11.8. The van der Waals surface area contributed by atoms with Crippen LogP contribution in [-0.2, 0) is 19.1 Å². The van der Waals surface area contributed by atoms with Crippen molar-refractivity contribution in [3.63, 3.8) is 0 Å².